The van der Waals surface area contributed by atoms with Crippen LogP contribution in [0.1, 0.15) is 6.92 Å². The number of carbonyl (C=O) groups excluding carboxylic acids is 2. The fourth-order valence-electron chi connectivity index (χ4n) is 1.15. The summed E-state index contributed by atoms with van der Waals surface area (Å²) in [6, 6.07) is 0. The number of methoxy groups -OCH3 is 2. The predicted molar refractivity (Wildman–Crippen MR) is 69.1 cm³/mol. The van der Waals surface area contributed by atoms with Gasteiger partial charge in [0, 0.05) is 0 Å². The SMILES string of the molecule is COC(=O)C(C(=O)OC)=S1C(Cl)=CC(C)=C1Cl. The zero-order valence-electron chi connectivity index (χ0n) is 9.37. The van der Waals surface area contributed by atoms with E-state index in [0.29, 0.717) is 14.3 Å². The Morgan fingerprint density at radius 3 is 1.94 bits per heavy atom. The predicted octanol–water partition coefficient (Wildman–Crippen LogP) is 2.34. The number of hydrogen-bond acceptors (Lipinski definition) is 4. The van der Waals surface area contributed by atoms with Crippen LogP contribution in [0, 0.1) is 0 Å². The van der Waals surface area contributed by atoms with E-state index in [4.69, 9.17) is 23.2 Å². The van der Waals surface area contributed by atoms with Gasteiger partial charge in [-0.25, -0.2) is 9.59 Å². The van der Waals surface area contributed by atoms with E-state index in [0.717, 1.165) is 0 Å². The van der Waals surface area contributed by atoms with Crippen molar-refractivity contribution in [3.63, 3.8) is 0 Å². The number of esters is 2. The molecule has 17 heavy (non-hydrogen) atoms. The standard InChI is InChI=1S/C10H10Cl2O4S/c1-5-4-6(11)17(8(5)12)7(9(13)15-2)10(14)16-3/h4H,1-3H3. The third-order valence-electron chi connectivity index (χ3n) is 1.96. The maximum Gasteiger partial charge on any atom is 0.351 e. The van der Waals surface area contributed by atoms with Crippen LogP contribution in [-0.4, -0.2) is 31.0 Å². The average molecular weight is 297 g/mol. The van der Waals surface area contributed by atoms with Gasteiger partial charge in [-0.1, -0.05) is 33.7 Å². The topological polar surface area (TPSA) is 52.6 Å². The van der Waals surface area contributed by atoms with Crippen molar-refractivity contribution in [3.05, 3.63) is 20.4 Å². The highest BCUT2D eigenvalue weighted by atomic mass is 35.5. The maximum absolute atomic E-state index is 11.6. The molecule has 94 valence electrons. The summed E-state index contributed by atoms with van der Waals surface area (Å²) in [6.45, 7) is 1.74. The monoisotopic (exact) mass is 296 g/mol. The first-order valence-electron chi connectivity index (χ1n) is 4.45. The lowest BCUT2D eigenvalue weighted by atomic mass is 10.4. The Balaban J connectivity index is 3.45. The maximum atomic E-state index is 11.6. The van der Waals surface area contributed by atoms with Crippen LogP contribution in [-0.2, 0) is 19.1 Å². The summed E-state index contributed by atoms with van der Waals surface area (Å²) in [6.07, 6.45) is 1.61. The first-order chi connectivity index (χ1) is 7.93. The van der Waals surface area contributed by atoms with Crippen LogP contribution < -0.4 is 0 Å². The molecular weight excluding hydrogens is 287 g/mol. The first-order valence-corrected chi connectivity index (χ1v) is 6.43. The van der Waals surface area contributed by atoms with E-state index in [1.807, 2.05) is 0 Å². The Kier molecular flexibility index (Phi) is 4.80. The molecule has 0 aliphatic carbocycles. The summed E-state index contributed by atoms with van der Waals surface area (Å²) in [5.41, 5.74) is 0.713. The molecule has 0 aromatic carbocycles. The van der Waals surface area contributed by atoms with Crippen molar-refractivity contribution in [3.8, 4) is 0 Å². The molecule has 1 aliphatic heterocycles. The van der Waals surface area contributed by atoms with Crippen molar-refractivity contribution in [1.29, 1.82) is 0 Å². The molecule has 0 saturated carbocycles. The van der Waals surface area contributed by atoms with Gasteiger partial charge in [0.1, 0.15) is 0 Å². The zero-order valence-corrected chi connectivity index (χ0v) is 11.7. The minimum absolute atomic E-state index is 0.196. The highest BCUT2D eigenvalue weighted by Crippen LogP contribution is 2.48. The molecule has 0 fully saturated rings. The number of ether oxygens (including phenoxy) is 2. The largest absolute Gasteiger partial charge is 0.465 e. The molecule has 1 atom stereocenters. The summed E-state index contributed by atoms with van der Waals surface area (Å²) >= 11 is 12.0. The van der Waals surface area contributed by atoms with Crippen LogP contribution >= 0.6 is 33.7 Å². The van der Waals surface area contributed by atoms with Gasteiger partial charge in [-0.2, -0.15) is 0 Å². The normalized spacial score (nSPS) is 18.9. The van der Waals surface area contributed by atoms with Gasteiger partial charge in [0.2, 0.25) is 0 Å². The van der Waals surface area contributed by atoms with Crippen LogP contribution in [0.4, 0.5) is 0 Å². The van der Waals surface area contributed by atoms with Crippen LogP contribution in [0.3, 0.4) is 0 Å². The van der Waals surface area contributed by atoms with E-state index in [9.17, 15) is 9.59 Å². The van der Waals surface area contributed by atoms with E-state index in [-0.39, 0.29) is 4.86 Å². The van der Waals surface area contributed by atoms with E-state index < -0.39 is 22.4 Å². The lowest BCUT2D eigenvalue weighted by molar-refractivity contribution is -0.137. The molecule has 4 nitrogen and oxygen atoms in total. The summed E-state index contributed by atoms with van der Waals surface area (Å²) < 4.78 is 9.75. The molecular formula is C10H10Cl2O4S. The minimum Gasteiger partial charge on any atom is -0.465 e. The Morgan fingerprint density at radius 2 is 1.65 bits per heavy atom. The van der Waals surface area contributed by atoms with Crippen molar-refractivity contribution >= 4 is 50.5 Å². The van der Waals surface area contributed by atoms with Gasteiger partial charge in [0.25, 0.3) is 0 Å². The molecule has 0 saturated heterocycles. The van der Waals surface area contributed by atoms with Crippen LogP contribution in [0.5, 0.6) is 0 Å². The second-order valence-electron chi connectivity index (χ2n) is 3.02. The van der Waals surface area contributed by atoms with Gasteiger partial charge >= 0.3 is 11.9 Å². The summed E-state index contributed by atoms with van der Waals surface area (Å²) in [5, 5.41) is 0. The highest BCUT2D eigenvalue weighted by Gasteiger charge is 2.30. The van der Waals surface area contributed by atoms with Crippen LogP contribution in [0.25, 0.3) is 0 Å². The van der Waals surface area contributed by atoms with E-state index in [2.05, 4.69) is 9.47 Å². The average Bonchev–Trinajstić information content (AvgIpc) is 2.55. The van der Waals surface area contributed by atoms with Gasteiger partial charge in [-0.15, -0.1) is 0 Å². The fraction of sp³-hybridized carbons (Fsp3) is 0.300. The molecule has 0 aromatic rings. The lowest BCUT2D eigenvalue weighted by Gasteiger charge is -2.09. The Morgan fingerprint density at radius 1 is 1.18 bits per heavy atom. The first kappa shape index (κ1) is 14.3. The molecule has 0 radical (unpaired) electrons. The van der Waals surface area contributed by atoms with Crippen LogP contribution in [0.2, 0.25) is 0 Å². The summed E-state index contributed by atoms with van der Waals surface area (Å²) in [4.78, 5) is 23.0. The molecule has 0 amide bonds. The quantitative estimate of drug-likeness (QED) is 0.446. The molecule has 0 aromatic heterocycles. The van der Waals surface area contributed by atoms with Gasteiger partial charge in [0.15, 0.2) is 4.86 Å². The fourth-order valence-corrected chi connectivity index (χ4v) is 4.16. The molecule has 0 bridgehead atoms. The van der Waals surface area contributed by atoms with Gasteiger partial charge in [-0.05, 0) is 18.6 Å². The number of rotatable bonds is 2. The molecule has 1 unspecified atom stereocenters. The van der Waals surface area contributed by atoms with Crippen molar-refractivity contribution < 1.29 is 19.1 Å². The number of hydrogen-bond donors (Lipinski definition) is 0. The summed E-state index contributed by atoms with van der Waals surface area (Å²) in [7, 11) is 1.24. The van der Waals surface area contributed by atoms with Crippen molar-refractivity contribution in [1.82, 2.24) is 0 Å². The Bertz CT molecular complexity index is 459. The highest BCUT2D eigenvalue weighted by molar-refractivity contribution is 8.26. The third kappa shape index (κ3) is 2.73. The van der Waals surface area contributed by atoms with Gasteiger partial charge < -0.3 is 9.47 Å². The van der Waals surface area contributed by atoms with E-state index >= 15 is 0 Å². The second-order valence-corrected chi connectivity index (χ2v) is 6.13. The number of halogens is 2. The molecule has 0 N–H and O–H groups in total. The minimum atomic E-state index is -1.11. The van der Waals surface area contributed by atoms with Crippen molar-refractivity contribution in [2.45, 2.75) is 6.92 Å². The molecule has 1 heterocycles. The van der Waals surface area contributed by atoms with Crippen molar-refractivity contribution in [2.75, 3.05) is 14.2 Å². The Hall–Kier alpha value is -0.780. The van der Waals surface area contributed by atoms with Gasteiger partial charge in [-0.3, -0.25) is 0 Å². The second kappa shape index (κ2) is 5.71. The molecule has 7 heteroatoms. The van der Waals surface area contributed by atoms with E-state index in [1.54, 1.807) is 13.0 Å². The van der Waals surface area contributed by atoms with Gasteiger partial charge in [0.05, 0.1) is 22.9 Å². The molecule has 1 rings (SSSR count). The number of carbonyl (C=O) groups is 2. The zero-order chi connectivity index (χ0) is 13.2. The molecule has 1 aliphatic rings. The third-order valence-corrected chi connectivity index (χ3v) is 5.22. The number of allylic oxidation sites excluding steroid dienone is 2. The lowest BCUT2D eigenvalue weighted by Crippen LogP contribution is -2.26. The Labute approximate surface area is 111 Å². The molecule has 0 spiro atoms. The van der Waals surface area contributed by atoms with E-state index in [1.165, 1.54) is 14.2 Å². The van der Waals surface area contributed by atoms with Crippen LogP contribution in [0.15, 0.2) is 20.4 Å². The van der Waals surface area contributed by atoms with Crippen molar-refractivity contribution in [2.24, 2.45) is 0 Å². The smallest absolute Gasteiger partial charge is 0.351 e. The summed E-state index contributed by atoms with van der Waals surface area (Å²) in [5.74, 6) is -1.58.